The number of aliphatic hydroxyl groups excluding tert-OH is 1. The average Bonchev–Trinajstić information content (AvgIpc) is 3.10. The minimum absolute atomic E-state index is 0.178. The second-order valence-electron chi connectivity index (χ2n) is 7.40. The van der Waals surface area contributed by atoms with E-state index in [-0.39, 0.29) is 6.10 Å². The Balaban J connectivity index is 1.64. The Kier molecular flexibility index (Phi) is 3.98. The van der Waals surface area contributed by atoms with Crippen LogP contribution in [0.4, 0.5) is 5.95 Å². The summed E-state index contributed by atoms with van der Waals surface area (Å²) in [4.78, 5) is 11.9. The lowest BCUT2D eigenvalue weighted by Crippen LogP contribution is -2.46. The molecule has 4 heterocycles. The second kappa shape index (κ2) is 6.35. The molecular formula is C20H21BrN4O. The summed E-state index contributed by atoms with van der Waals surface area (Å²) in [6, 6.07) is 13.3. The van der Waals surface area contributed by atoms with E-state index in [4.69, 9.17) is 4.98 Å². The van der Waals surface area contributed by atoms with Crippen LogP contribution >= 0.6 is 15.9 Å². The van der Waals surface area contributed by atoms with Gasteiger partial charge in [0.25, 0.3) is 0 Å². The largest absolute Gasteiger partial charge is 0.393 e. The van der Waals surface area contributed by atoms with Crippen molar-refractivity contribution in [2.75, 3.05) is 4.90 Å². The van der Waals surface area contributed by atoms with Crippen LogP contribution in [0.2, 0.25) is 0 Å². The molecule has 6 heteroatoms. The van der Waals surface area contributed by atoms with Gasteiger partial charge < -0.3 is 14.6 Å². The Morgan fingerprint density at radius 2 is 1.85 bits per heavy atom. The van der Waals surface area contributed by atoms with Crippen molar-refractivity contribution in [1.29, 1.82) is 0 Å². The molecule has 2 aromatic heterocycles. The molecule has 2 fully saturated rings. The summed E-state index contributed by atoms with van der Waals surface area (Å²) in [5.74, 6) is 0.994. The van der Waals surface area contributed by atoms with Gasteiger partial charge in [-0.05, 0) is 53.2 Å². The maximum atomic E-state index is 10.2. The molecule has 0 radical (unpaired) electrons. The molecule has 1 N–H and O–H groups in total. The van der Waals surface area contributed by atoms with E-state index in [2.05, 4.69) is 60.7 Å². The Morgan fingerprint density at radius 3 is 2.58 bits per heavy atom. The Labute approximate surface area is 160 Å². The van der Waals surface area contributed by atoms with Crippen LogP contribution in [0.25, 0.3) is 11.2 Å². The molecule has 3 aromatic rings. The third-order valence-corrected chi connectivity index (χ3v) is 6.11. The van der Waals surface area contributed by atoms with Gasteiger partial charge in [0.2, 0.25) is 5.95 Å². The molecule has 0 spiro atoms. The molecule has 2 unspecified atom stereocenters. The zero-order valence-electron chi connectivity index (χ0n) is 14.4. The number of rotatable bonds is 3. The number of imidazole rings is 1. The number of hydrogen-bond acceptors (Lipinski definition) is 4. The minimum Gasteiger partial charge on any atom is -0.393 e. The highest BCUT2D eigenvalue weighted by atomic mass is 79.9. The smallest absolute Gasteiger partial charge is 0.208 e. The molecule has 2 saturated heterocycles. The van der Waals surface area contributed by atoms with E-state index in [9.17, 15) is 5.11 Å². The quantitative estimate of drug-likeness (QED) is 0.711. The van der Waals surface area contributed by atoms with E-state index >= 15 is 0 Å². The number of benzene rings is 1. The van der Waals surface area contributed by atoms with Crippen molar-refractivity contribution in [1.82, 2.24) is 14.5 Å². The summed E-state index contributed by atoms with van der Waals surface area (Å²) >= 11 is 3.55. The van der Waals surface area contributed by atoms with Crippen molar-refractivity contribution in [2.24, 2.45) is 0 Å². The first kappa shape index (κ1) is 16.3. The lowest BCUT2D eigenvalue weighted by Gasteiger charge is -2.38. The number of piperidine rings is 1. The van der Waals surface area contributed by atoms with Gasteiger partial charge in [-0.25, -0.2) is 4.98 Å². The molecule has 2 bridgehead atoms. The number of halogens is 1. The predicted molar refractivity (Wildman–Crippen MR) is 105 cm³/mol. The highest BCUT2D eigenvalue weighted by molar-refractivity contribution is 9.10. The SMILES string of the molecule is OC1CC2CCC(C1)N2c1nc2ncc(Br)cc2n1Cc1ccccc1. The third-order valence-electron chi connectivity index (χ3n) is 5.67. The molecule has 5 nitrogen and oxygen atoms in total. The van der Waals surface area contributed by atoms with Crippen molar-refractivity contribution >= 4 is 33.0 Å². The van der Waals surface area contributed by atoms with Crippen LogP contribution in [0, 0.1) is 0 Å². The topological polar surface area (TPSA) is 54.2 Å². The molecule has 2 aliphatic rings. The summed E-state index contributed by atoms with van der Waals surface area (Å²) in [6.45, 7) is 0.767. The molecule has 1 aromatic carbocycles. The van der Waals surface area contributed by atoms with Crippen molar-refractivity contribution in [3.8, 4) is 0 Å². The van der Waals surface area contributed by atoms with Crippen LogP contribution in [0.15, 0.2) is 47.1 Å². The summed E-state index contributed by atoms with van der Waals surface area (Å²) in [6.07, 6.45) is 5.56. The van der Waals surface area contributed by atoms with E-state index in [1.807, 2.05) is 6.07 Å². The Bertz CT molecular complexity index is 928. The fourth-order valence-corrected chi connectivity index (χ4v) is 4.88. The summed E-state index contributed by atoms with van der Waals surface area (Å²) < 4.78 is 3.24. The highest BCUT2D eigenvalue weighted by Gasteiger charge is 2.42. The molecule has 26 heavy (non-hydrogen) atoms. The van der Waals surface area contributed by atoms with E-state index in [0.29, 0.717) is 12.1 Å². The normalized spacial score (nSPS) is 25.2. The number of nitrogens with zero attached hydrogens (tertiary/aromatic N) is 4. The minimum atomic E-state index is -0.178. The summed E-state index contributed by atoms with van der Waals surface area (Å²) in [5, 5.41) is 10.2. The van der Waals surface area contributed by atoms with Gasteiger partial charge in [0.1, 0.15) is 0 Å². The number of anilines is 1. The van der Waals surface area contributed by atoms with Crippen molar-refractivity contribution in [2.45, 2.75) is 50.4 Å². The molecule has 2 atom stereocenters. The maximum absolute atomic E-state index is 10.2. The van der Waals surface area contributed by atoms with Crippen LogP contribution in [0.1, 0.15) is 31.2 Å². The van der Waals surface area contributed by atoms with Crippen molar-refractivity contribution < 1.29 is 5.11 Å². The Hall–Kier alpha value is -1.92. The molecule has 0 amide bonds. The zero-order valence-corrected chi connectivity index (χ0v) is 16.0. The molecule has 0 saturated carbocycles. The molecular weight excluding hydrogens is 392 g/mol. The van der Waals surface area contributed by atoms with Crippen LogP contribution in [-0.4, -0.2) is 37.8 Å². The van der Waals surface area contributed by atoms with Crippen LogP contribution in [0.3, 0.4) is 0 Å². The predicted octanol–water partition coefficient (Wildman–Crippen LogP) is 3.73. The summed E-state index contributed by atoms with van der Waals surface area (Å²) in [7, 11) is 0. The number of fused-ring (bicyclic) bond motifs is 3. The van der Waals surface area contributed by atoms with Gasteiger partial charge in [0, 0.05) is 22.8 Å². The third kappa shape index (κ3) is 2.72. The molecule has 134 valence electrons. The van der Waals surface area contributed by atoms with Crippen LogP contribution < -0.4 is 4.90 Å². The molecule has 2 aliphatic heterocycles. The molecule has 5 rings (SSSR count). The highest BCUT2D eigenvalue weighted by Crippen LogP contribution is 2.40. The van der Waals surface area contributed by atoms with Gasteiger partial charge in [0.15, 0.2) is 5.65 Å². The van der Waals surface area contributed by atoms with Gasteiger partial charge in [-0.2, -0.15) is 4.98 Å². The van der Waals surface area contributed by atoms with E-state index in [0.717, 1.165) is 53.8 Å². The first-order valence-electron chi connectivity index (χ1n) is 9.21. The van der Waals surface area contributed by atoms with Gasteiger partial charge in [-0.1, -0.05) is 30.3 Å². The standard InChI is InChI=1S/C20H21BrN4O/c21-14-8-18-19(22-11-14)23-20(24(18)12-13-4-2-1-3-5-13)25-15-6-7-16(25)10-17(26)9-15/h1-5,8,11,15-17,26H,6-7,9-10,12H2. The summed E-state index contributed by atoms with van der Waals surface area (Å²) in [5.41, 5.74) is 3.07. The van der Waals surface area contributed by atoms with E-state index in [1.165, 1.54) is 5.56 Å². The number of aromatic nitrogens is 3. The van der Waals surface area contributed by atoms with Crippen LogP contribution in [-0.2, 0) is 6.54 Å². The van der Waals surface area contributed by atoms with Crippen molar-refractivity contribution in [3.63, 3.8) is 0 Å². The fourth-order valence-electron chi connectivity index (χ4n) is 4.56. The monoisotopic (exact) mass is 412 g/mol. The first-order chi connectivity index (χ1) is 12.7. The van der Waals surface area contributed by atoms with Gasteiger partial charge >= 0.3 is 0 Å². The lowest BCUT2D eigenvalue weighted by atomic mass is 10.0. The van der Waals surface area contributed by atoms with Crippen LogP contribution in [0.5, 0.6) is 0 Å². The number of aliphatic hydroxyl groups is 1. The van der Waals surface area contributed by atoms with Gasteiger partial charge in [-0.15, -0.1) is 0 Å². The van der Waals surface area contributed by atoms with Gasteiger partial charge in [0.05, 0.1) is 18.2 Å². The fraction of sp³-hybridized carbons (Fsp3) is 0.400. The Morgan fingerprint density at radius 1 is 1.12 bits per heavy atom. The number of hydrogen-bond donors (Lipinski definition) is 1. The van der Waals surface area contributed by atoms with Gasteiger partial charge in [-0.3, -0.25) is 0 Å². The lowest BCUT2D eigenvalue weighted by molar-refractivity contribution is 0.125. The first-order valence-corrected chi connectivity index (χ1v) is 10.0. The van der Waals surface area contributed by atoms with E-state index in [1.54, 1.807) is 6.20 Å². The second-order valence-corrected chi connectivity index (χ2v) is 8.31. The maximum Gasteiger partial charge on any atom is 0.208 e. The van der Waals surface area contributed by atoms with E-state index < -0.39 is 0 Å². The number of pyridine rings is 1. The zero-order chi connectivity index (χ0) is 17.7. The average molecular weight is 413 g/mol. The molecule has 0 aliphatic carbocycles. The van der Waals surface area contributed by atoms with Crippen molar-refractivity contribution in [3.05, 3.63) is 52.6 Å².